The number of benzene rings is 2. The molecule has 1 saturated heterocycles. The van der Waals surface area contributed by atoms with Crippen LogP contribution < -0.4 is 15.2 Å². The van der Waals surface area contributed by atoms with E-state index in [1.165, 1.54) is 0 Å². The highest BCUT2D eigenvalue weighted by Crippen LogP contribution is 2.34. The molecule has 3 aromatic rings. The molecule has 170 valence electrons. The van der Waals surface area contributed by atoms with Gasteiger partial charge in [0.1, 0.15) is 23.8 Å². The van der Waals surface area contributed by atoms with E-state index in [2.05, 4.69) is 4.98 Å². The molecule has 4 rings (SSSR count). The standard InChI is InChI=1S/C24H27N3O4.ClH/c1-29-19-9-5-17(6-10-19)21-22(18-7-11-20(12-8-18)30-16-13-25)31-23(26-21)24(28)27-14-3-2-4-15-27;/h5-12H,2-4,13-16,25H2,1H3;1H. The number of likely N-dealkylation sites (tertiary alicyclic amines) is 1. The van der Waals surface area contributed by atoms with Crippen LogP contribution in [-0.2, 0) is 0 Å². The van der Waals surface area contributed by atoms with Crippen molar-refractivity contribution in [3.8, 4) is 34.1 Å². The van der Waals surface area contributed by atoms with Gasteiger partial charge in [0, 0.05) is 30.8 Å². The quantitative estimate of drug-likeness (QED) is 0.565. The number of rotatable bonds is 7. The first-order valence-electron chi connectivity index (χ1n) is 10.6. The molecule has 0 bridgehead atoms. The largest absolute Gasteiger partial charge is 0.497 e. The molecule has 1 aliphatic heterocycles. The van der Waals surface area contributed by atoms with Gasteiger partial charge in [0.05, 0.1) is 7.11 Å². The number of methoxy groups -OCH3 is 1. The predicted octanol–water partition coefficient (Wildman–Crippen LogP) is 4.40. The maximum Gasteiger partial charge on any atom is 0.309 e. The van der Waals surface area contributed by atoms with Gasteiger partial charge in [0.25, 0.3) is 5.89 Å². The summed E-state index contributed by atoms with van der Waals surface area (Å²) in [7, 11) is 1.63. The third kappa shape index (κ3) is 5.23. The first-order chi connectivity index (χ1) is 15.2. The third-order valence-electron chi connectivity index (χ3n) is 5.32. The first kappa shape index (κ1) is 23.6. The van der Waals surface area contributed by atoms with Gasteiger partial charge in [-0.05, 0) is 67.8 Å². The molecular formula is C24H28ClN3O4. The Kier molecular flexibility index (Phi) is 8.14. The Labute approximate surface area is 193 Å². The van der Waals surface area contributed by atoms with E-state index in [-0.39, 0.29) is 24.2 Å². The number of oxazole rings is 1. The number of hydrogen-bond acceptors (Lipinski definition) is 6. The van der Waals surface area contributed by atoms with Gasteiger partial charge in [-0.2, -0.15) is 0 Å². The number of carbonyl (C=O) groups is 1. The Balaban J connectivity index is 0.00000289. The fourth-order valence-corrected chi connectivity index (χ4v) is 3.66. The van der Waals surface area contributed by atoms with Crippen LogP contribution >= 0.6 is 12.4 Å². The molecule has 0 saturated carbocycles. The summed E-state index contributed by atoms with van der Waals surface area (Å²) in [6.45, 7) is 2.38. The van der Waals surface area contributed by atoms with Crippen LogP contribution in [0.3, 0.4) is 0 Å². The van der Waals surface area contributed by atoms with E-state index < -0.39 is 0 Å². The summed E-state index contributed by atoms with van der Waals surface area (Å²) in [4.78, 5) is 19.5. The lowest BCUT2D eigenvalue weighted by molar-refractivity contribution is 0.0685. The number of aromatic nitrogens is 1. The van der Waals surface area contributed by atoms with Crippen LogP contribution in [0.15, 0.2) is 52.9 Å². The van der Waals surface area contributed by atoms with Crippen LogP contribution in [0.1, 0.15) is 29.9 Å². The van der Waals surface area contributed by atoms with E-state index in [1.54, 1.807) is 7.11 Å². The smallest absolute Gasteiger partial charge is 0.309 e. The Morgan fingerprint density at radius 2 is 1.62 bits per heavy atom. The van der Waals surface area contributed by atoms with Crippen molar-refractivity contribution in [1.29, 1.82) is 0 Å². The zero-order chi connectivity index (χ0) is 21.6. The molecule has 32 heavy (non-hydrogen) atoms. The lowest BCUT2D eigenvalue weighted by Gasteiger charge is -2.25. The molecule has 1 fully saturated rings. The lowest BCUT2D eigenvalue weighted by Crippen LogP contribution is -2.35. The summed E-state index contributed by atoms with van der Waals surface area (Å²) in [6, 6.07) is 15.1. The van der Waals surface area contributed by atoms with Crippen molar-refractivity contribution >= 4 is 18.3 Å². The molecule has 0 aliphatic carbocycles. The van der Waals surface area contributed by atoms with E-state index >= 15 is 0 Å². The van der Waals surface area contributed by atoms with Crippen molar-refractivity contribution in [3.05, 3.63) is 54.4 Å². The van der Waals surface area contributed by atoms with E-state index in [4.69, 9.17) is 19.6 Å². The zero-order valence-electron chi connectivity index (χ0n) is 18.1. The molecule has 0 unspecified atom stereocenters. The molecule has 2 aromatic carbocycles. The lowest BCUT2D eigenvalue weighted by atomic mass is 10.1. The number of nitrogens with two attached hydrogens (primary N) is 1. The second-order valence-corrected chi connectivity index (χ2v) is 7.44. The SMILES string of the molecule is COc1ccc(-c2nc(C(=O)N3CCCCC3)oc2-c2ccc(OCCN)cc2)cc1.Cl. The highest BCUT2D eigenvalue weighted by Gasteiger charge is 2.26. The van der Waals surface area contributed by atoms with Crippen molar-refractivity contribution in [2.75, 3.05) is 33.4 Å². The van der Waals surface area contributed by atoms with Gasteiger partial charge in [-0.3, -0.25) is 4.79 Å². The van der Waals surface area contributed by atoms with E-state index in [9.17, 15) is 4.79 Å². The van der Waals surface area contributed by atoms with Crippen LogP contribution in [0.25, 0.3) is 22.6 Å². The fourth-order valence-electron chi connectivity index (χ4n) is 3.66. The number of halogens is 1. The molecule has 2 heterocycles. The molecule has 1 aromatic heterocycles. The Morgan fingerprint density at radius 1 is 1.00 bits per heavy atom. The second-order valence-electron chi connectivity index (χ2n) is 7.44. The minimum Gasteiger partial charge on any atom is -0.497 e. The Hall–Kier alpha value is -3.03. The maximum absolute atomic E-state index is 13.0. The van der Waals surface area contributed by atoms with Crippen LogP contribution in [0.2, 0.25) is 0 Å². The second kappa shape index (κ2) is 11.0. The van der Waals surface area contributed by atoms with Gasteiger partial charge >= 0.3 is 5.91 Å². The maximum atomic E-state index is 13.0. The summed E-state index contributed by atoms with van der Waals surface area (Å²) in [5, 5.41) is 0. The molecule has 0 spiro atoms. The monoisotopic (exact) mass is 457 g/mol. The predicted molar refractivity (Wildman–Crippen MR) is 125 cm³/mol. The number of nitrogens with zero attached hydrogens (tertiary/aromatic N) is 2. The van der Waals surface area contributed by atoms with Crippen LogP contribution in [0.4, 0.5) is 0 Å². The fraction of sp³-hybridized carbons (Fsp3) is 0.333. The van der Waals surface area contributed by atoms with Crippen molar-refractivity contribution in [3.63, 3.8) is 0 Å². The summed E-state index contributed by atoms with van der Waals surface area (Å²) < 4.78 is 16.9. The van der Waals surface area contributed by atoms with E-state index in [0.717, 1.165) is 55.0 Å². The average Bonchev–Trinajstić information content (AvgIpc) is 3.28. The minimum atomic E-state index is -0.163. The number of carbonyl (C=O) groups excluding carboxylic acids is 1. The topological polar surface area (TPSA) is 90.8 Å². The molecule has 7 nitrogen and oxygen atoms in total. The van der Waals surface area contributed by atoms with E-state index in [1.807, 2.05) is 53.4 Å². The molecular weight excluding hydrogens is 430 g/mol. The summed E-state index contributed by atoms with van der Waals surface area (Å²) >= 11 is 0. The van der Waals surface area contributed by atoms with Gasteiger partial charge in [-0.1, -0.05) is 0 Å². The number of hydrogen-bond donors (Lipinski definition) is 1. The normalized spacial score (nSPS) is 13.4. The van der Waals surface area contributed by atoms with Gasteiger partial charge in [-0.15, -0.1) is 12.4 Å². The highest BCUT2D eigenvalue weighted by atomic mass is 35.5. The van der Waals surface area contributed by atoms with Gasteiger partial charge < -0.3 is 24.5 Å². The Bertz CT molecular complexity index is 1010. The molecule has 0 atom stereocenters. The molecule has 1 aliphatic rings. The van der Waals surface area contributed by atoms with Gasteiger partial charge in [0.2, 0.25) is 0 Å². The summed E-state index contributed by atoms with van der Waals surface area (Å²) in [5.74, 6) is 1.98. The van der Waals surface area contributed by atoms with Gasteiger partial charge in [0.15, 0.2) is 5.76 Å². The average molecular weight is 458 g/mol. The molecule has 2 N–H and O–H groups in total. The number of ether oxygens (including phenoxy) is 2. The molecule has 1 amide bonds. The van der Waals surface area contributed by atoms with Crippen LogP contribution in [-0.4, -0.2) is 49.1 Å². The zero-order valence-corrected chi connectivity index (χ0v) is 18.9. The Morgan fingerprint density at radius 3 is 2.25 bits per heavy atom. The van der Waals surface area contributed by atoms with Crippen molar-refractivity contribution in [2.24, 2.45) is 5.73 Å². The van der Waals surface area contributed by atoms with Crippen molar-refractivity contribution in [2.45, 2.75) is 19.3 Å². The minimum absolute atomic E-state index is 0. The first-order valence-corrected chi connectivity index (χ1v) is 10.6. The van der Waals surface area contributed by atoms with Gasteiger partial charge in [-0.25, -0.2) is 4.98 Å². The number of piperidine rings is 1. The highest BCUT2D eigenvalue weighted by molar-refractivity contribution is 5.92. The van der Waals surface area contributed by atoms with Crippen molar-refractivity contribution < 1.29 is 18.7 Å². The van der Waals surface area contributed by atoms with Crippen LogP contribution in [0.5, 0.6) is 11.5 Å². The number of amides is 1. The molecule has 0 radical (unpaired) electrons. The van der Waals surface area contributed by atoms with Crippen molar-refractivity contribution in [1.82, 2.24) is 9.88 Å². The van der Waals surface area contributed by atoms with E-state index in [0.29, 0.717) is 24.6 Å². The van der Waals surface area contributed by atoms with Crippen LogP contribution in [0, 0.1) is 0 Å². The third-order valence-corrected chi connectivity index (χ3v) is 5.32. The molecule has 8 heteroatoms. The summed E-state index contributed by atoms with van der Waals surface area (Å²) in [5.41, 5.74) is 7.79. The summed E-state index contributed by atoms with van der Waals surface area (Å²) in [6.07, 6.45) is 3.17.